The molecule has 2 rings (SSSR count). The van der Waals surface area contributed by atoms with Gasteiger partial charge in [-0.15, -0.1) is 0 Å². The molecule has 1 aromatic rings. The van der Waals surface area contributed by atoms with Crippen LogP contribution in [0.15, 0.2) is 24.3 Å². The molecule has 1 fully saturated rings. The molecule has 24 heavy (non-hydrogen) atoms. The fraction of sp³-hybridized carbons (Fsp3) is 0.500. The van der Waals surface area contributed by atoms with E-state index in [0.29, 0.717) is 24.8 Å². The molecular formula is C18H23NO5. The van der Waals surface area contributed by atoms with Crippen LogP contribution in [-0.4, -0.2) is 31.6 Å². The van der Waals surface area contributed by atoms with E-state index in [4.69, 9.17) is 9.47 Å². The smallest absolute Gasteiger partial charge is 0.407 e. The number of carbonyl (C=O) groups is 3. The third-order valence-electron chi connectivity index (χ3n) is 4.43. The van der Waals surface area contributed by atoms with E-state index in [2.05, 4.69) is 5.32 Å². The lowest BCUT2D eigenvalue weighted by Crippen LogP contribution is -2.49. The number of carbonyl (C=O) groups excluding carboxylic acids is 3. The van der Waals surface area contributed by atoms with Crippen LogP contribution >= 0.6 is 0 Å². The zero-order valence-corrected chi connectivity index (χ0v) is 14.3. The average Bonchev–Trinajstić information content (AvgIpc) is 2.95. The van der Waals surface area contributed by atoms with Crippen molar-refractivity contribution in [1.29, 1.82) is 0 Å². The van der Waals surface area contributed by atoms with E-state index in [0.717, 1.165) is 5.56 Å². The van der Waals surface area contributed by atoms with Crippen LogP contribution in [0.25, 0.3) is 0 Å². The third kappa shape index (κ3) is 3.27. The van der Waals surface area contributed by atoms with Crippen molar-refractivity contribution in [3.63, 3.8) is 0 Å². The van der Waals surface area contributed by atoms with E-state index in [1.165, 1.54) is 7.11 Å². The summed E-state index contributed by atoms with van der Waals surface area (Å²) in [5.74, 6) is -0.792. The second-order valence-corrected chi connectivity index (χ2v) is 5.95. The minimum Gasteiger partial charge on any atom is -0.465 e. The fourth-order valence-corrected chi connectivity index (χ4v) is 3.31. The summed E-state index contributed by atoms with van der Waals surface area (Å²) in [5.41, 5.74) is 0.246. The number of benzene rings is 1. The lowest BCUT2D eigenvalue weighted by Gasteiger charge is -2.34. The molecule has 1 N–H and O–H groups in total. The first kappa shape index (κ1) is 18.0. The van der Waals surface area contributed by atoms with E-state index in [-0.39, 0.29) is 12.4 Å². The predicted octanol–water partition coefficient (Wildman–Crippen LogP) is 2.69. The molecule has 1 aliphatic carbocycles. The Morgan fingerprint density at radius 3 is 2.67 bits per heavy atom. The van der Waals surface area contributed by atoms with Gasteiger partial charge in [0.25, 0.3) is 0 Å². The number of ketones is 1. The van der Waals surface area contributed by atoms with Gasteiger partial charge in [0.05, 0.1) is 19.8 Å². The maximum atomic E-state index is 12.7. The first-order chi connectivity index (χ1) is 11.5. The predicted molar refractivity (Wildman–Crippen MR) is 87.4 cm³/mol. The van der Waals surface area contributed by atoms with Gasteiger partial charge in [-0.2, -0.15) is 0 Å². The summed E-state index contributed by atoms with van der Waals surface area (Å²) in [5, 5.41) is 2.68. The highest BCUT2D eigenvalue weighted by Gasteiger charge is 2.56. The number of methoxy groups -OCH3 is 1. The highest BCUT2D eigenvalue weighted by Crippen LogP contribution is 2.46. The Labute approximate surface area is 141 Å². The van der Waals surface area contributed by atoms with Crippen LogP contribution < -0.4 is 5.32 Å². The Morgan fingerprint density at radius 2 is 2.12 bits per heavy atom. The molecule has 0 bridgehead atoms. The first-order valence-electron chi connectivity index (χ1n) is 8.07. The van der Waals surface area contributed by atoms with Crippen LogP contribution in [0, 0.1) is 12.3 Å². The zero-order chi connectivity index (χ0) is 17.7. The van der Waals surface area contributed by atoms with E-state index >= 15 is 0 Å². The van der Waals surface area contributed by atoms with Gasteiger partial charge in [0.2, 0.25) is 0 Å². The molecule has 0 heterocycles. The molecule has 0 radical (unpaired) electrons. The lowest BCUT2D eigenvalue weighted by molar-refractivity contribution is -0.161. The quantitative estimate of drug-likeness (QED) is 0.662. The number of esters is 1. The first-order valence-corrected chi connectivity index (χ1v) is 8.07. The molecule has 6 heteroatoms. The molecule has 1 aromatic carbocycles. The van der Waals surface area contributed by atoms with Crippen LogP contribution in [-0.2, 0) is 19.1 Å². The van der Waals surface area contributed by atoms with E-state index in [1.54, 1.807) is 13.0 Å². The van der Waals surface area contributed by atoms with Crippen molar-refractivity contribution in [2.24, 2.45) is 5.41 Å². The number of amides is 1. The van der Waals surface area contributed by atoms with Crippen molar-refractivity contribution in [3.05, 3.63) is 35.4 Å². The van der Waals surface area contributed by atoms with Gasteiger partial charge in [0, 0.05) is 6.42 Å². The molecule has 1 amide bonds. The molecule has 1 saturated carbocycles. The summed E-state index contributed by atoms with van der Waals surface area (Å²) >= 11 is 0. The average molecular weight is 333 g/mol. The summed E-state index contributed by atoms with van der Waals surface area (Å²) < 4.78 is 9.89. The standard InChI is InChI=1S/C18H23NO5/c1-4-24-16(21)18(10-6-9-14(18)20)15(19-17(22)23-3)13-8-5-7-12(2)11-13/h5,7-8,11,15H,4,6,9-10H2,1-3H3,(H,19,22)/t15-,18-/m0/s1. The number of hydrogen-bond donors (Lipinski definition) is 1. The number of hydrogen-bond acceptors (Lipinski definition) is 5. The number of aryl methyl sites for hydroxylation is 1. The van der Waals surface area contributed by atoms with Crippen molar-refractivity contribution in [1.82, 2.24) is 5.32 Å². The Balaban J connectivity index is 2.54. The molecule has 2 atom stereocenters. The summed E-state index contributed by atoms with van der Waals surface area (Å²) in [6, 6.07) is 6.56. The summed E-state index contributed by atoms with van der Waals surface area (Å²) in [4.78, 5) is 37.3. The van der Waals surface area contributed by atoms with Gasteiger partial charge in [-0.25, -0.2) is 4.79 Å². The van der Waals surface area contributed by atoms with Gasteiger partial charge in [-0.3, -0.25) is 9.59 Å². The molecule has 0 spiro atoms. The molecule has 0 aromatic heterocycles. The second-order valence-electron chi connectivity index (χ2n) is 5.95. The Kier molecular flexibility index (Phi) is 5.59. The number of nitrogens with one attached hydrogen (secondary N) is 1. The zero-order valence-electron chi connectivity index (χ0n) is 14.3. The van der Waals surface area contributed by atoms with Crippen molar-refractivity contribution in [2.75, 3.05) is 13.7 Å². The normalized spacial score (nSPS) is 21.2. The van der Waals surface area contributed by atoms with Crippen molar-refractivity contribution in [3.8, 4) is 0 Å². The molecule has 6 nitrogen and oxygen atoms in total. The van der Waals surface area contributed by atoms with Gasteiger partial charge in [-0.1, -0.05) is 29.8 Å². The van der Waals surface area contributed by atoms with Crippen molar-refractivity contribution in [2.45, 2.75) is 39.2 Å². The third-order valence-corrected chi connectivity index (χ3v) is 4.43. The van der Waals surface area contributed by atoms with Gasteiger partial charge in [0.15, 0.2) is 11.2 Å². The second kappa shape index (κ2) is 7.47. The number of ether oxygens (including phenoxy) is 2. The van der Waals surface area contributed by atoms with Gasteiger partial charge < -0.3 is 14.8 Å². The largest absolute Gasteiger partial charge is 0.465 e. The summed E-state index contributed by atoms with van der Waals surface area (Å²) in [7, 11) is 1.25. The van der Waals surface area contributed by atoms with Crippen molar-refractivity contribution < 1.29 is 23.9 Å². The van der Waals surface area contributed by atoms with E-state index < -0.39 is 23.5 Å². The topological polar surface area (TPSA) is 81.7 Å². The Hall–Kier alpha value is -2.37. The molecule has 0 aliphatic heterocycles. The van der Waals surface area contributed by atoms with Crippen molar-refractivity contribution >= 4 is 17.8 Å². The monoisotopic (exact) mass is 333 g/mol. The van der Waals surface area contributed by atoms with E-state index in [9.17, 15) is 14.4 Å². The van der Waals surface area contributed by atoms with Gasteiger partial charge in [-0.05, 0) is 32.3 Å². The van der Waals surface area contributed by atoms with Gasteiger partial charge >= 0.3 is 12.1 Å². The highest BCUT2D eigenvalue weighted by molar-refractivity contribution is 6.06. The molecule has 0 saturated heterocycles. The van der Waals surface area contributed by atoms with Crippen LogP contribution in [0.4, 0.5) is 4.79 Å². The lowest BCUT2D eigenvalue weighted by atomic mass is 9.74. The fourth-order valence-electron chi connectivity index (χ4n) is 3.31. The SMILES string of the molecule is CCOC(=O)[C@@]1([C@@H](NC(=O)OC)c2cccc(C)c2)CCCC1=O. The molecule has 130 valence electrons. The maximum Gasteiger partial charge on any atom is 0.407 e. The van der Waals surface area contributed by atoms with Crippen LogP contribution in [0.5, 0.6) is 0 Å². The molecule has 1 aliphatic rings. The molecular weight excluding hydrogens is 310 g/mol. The molecule has 0 unspecified atom stereocenters. The van der Waals surface area contributed by atoms with E-state index in [1.807, 2.05) is 25.1 Å². The number of rotatable bonds is 5. The summed E-state index contributed by atoms with van der Waals surface area (Å²) in [6.07, 6.45) is 0.532. The van der Waals surface area contributed by atoms with Crippen LogP contribution in [0.1, 0.15) is 43.4 Å². The van der Waals surface area contributed by atoms with Crippen LogP contribution in [0.2, 0.25) is 0 Å². The Bertz CT molecular complexity index is 642. The van der Waals surface area contributed by atoms with Gasteiger partial charge in [0.1, 0.15) is 0 Å². The summed E-state index contributed by atoms with van der Waals surface area (Å²) in [6.45, 7) is 3.78. The minimum atomic E-state index is -1.40. The number of Topliss-reactive ketones (excluding diaryl/α,β-unsaturated/α-hetero) is 1. The highest BCUT2D eigenvalue weighted by atomic mass is 16.5. The van der Waals surface area contributed by atoms with Crippen LogP contribution in [0.3, 0.4) is 0 Å². The maximum absolute atomic E-state index is 12.7. The minimum absolute atomic E-state index is 0.173. The Morgan fingerprint density at radius 1 is 1.38 bits per heavy atom. The number of alkyl carbamates (subject to hydrolysis) is 1.